The number of amides is 1. The van der Waals surface area contributed by atoms with Crippen LogP contribution in [0.2, 0.25) is 0 Å². The van der Waals surface area contributed by atoms with Gasteiger partial charge in [-0.2, -0.15) is 17.0 Å². The van der Waals surface area contributed by atoms with Crippen molar-refractivity contribution in [2.45, 2.75) is 13.3 Å². The standard InChI is InChI=1S/C15H22FN3O3S/c1-12-6-4-7-13(14(12)16)15(20)18-8-5-9-19(11-10-18)23(21,22)17(2)3/h4,6-7H,5,8-11H2,1-3H3. The highest BCUT2D eigenvalue weighted by molar-refractivity contribution is 7.86. The third-order valence-corrected chi connectivity index (χ3v) is 5.89. The third kappa shape index (κ3) is 3.70. The number of benzene rings is 1. The first-order valence-corrected chi connectivity index (χ1v) is 8.87. The molecule has 1 heterocycles. The average molecular weight is 343 g/mol. The molecule has 0 bridgehead atoms. The van der Waals surface area contributed by atoms with Gasteiger partial charge in [-0.3, -0.25) is 4.79 Å². The van der Waals surface area contributed by atoms with Gasteiger partial charge < -0.3 is 4.90 Å². The molecule has 0 unspecified atom stereocenters. The summed E-state index contributed by atoms with van der Waals surface area (Å²) in [7, 11) is -0.542. The van der Waals surface area contributed by atoms with Gasteiger partial charge in [-0.25, -0.2) is 4.39 Å². The highest BCUT2D eigenvalue weighted by Crippen LogP contribution is 2.17. The zero-order valence-electron chi connectivity index (χ0n) is 13.6. The van der Waals surface area contributed by atoms with Crippen LogP contribution in [-0.4, -0.2) is 68.1 Å². The maximum Gasteiger partial charge on any atom is 0.281 e. The molecule has 0 spiro atoms. The average Bonchev–Trinajstić information content (AvgIpc) is 2.75. The van der Waals surface area contributed by atoms with Gasteiger partial charge in [-0.15, -0.1) is 0 Å². The molecule has 1 amide bonds. The Kier molecular flexibility index (Phi) is 5.38. The fourth-order valence-corrected chi connectivity index (χ4v) is 3.68. The Bertz CT molecular complexity index is 691. The van der Waals surface area contributed by atoms with Crippen molar-refractivity contribution >= 4 is 16.1 Å². The summed E-state index contributed by atoms with van der Waals surface area (Å²) in [5.74, 6) is -0.908. The number of hydrogen-bond acceptors (Lipinski definition) is 3. The lowest BCUT2D eigenvalue weighted by atomic mass is 10.1. The Morgan fingerprint density at radius 2 is 1.87 bits per heavy atom. The van der Waals surface area contributed by atoms with E-state index in [-0.39, 0.29) is 18.7 Å². The number of rotatable bonds is 3. The van der Waals surface area contributed by atoms with Crippen molar-refractivity contribution in [3.05, 3.63) is 35.1 Å². The zero-order chi connectivity index (χ0) is 17.2. The van der Waals surface area contributed by atoms with E-state index in [9.17, 15) is 17.6 Å². The van der Waals surface area contributed by atoms with E-state index < -0.39 is 21.9 Å². The van der Waals surface area contributed by atoms with Crippen molar-refractivity contribution in [3.8, 4) is 0 Å². The molecule has 8 heteroatoms. The van der Waals surface area contributed by atoms with Gasteiger partial charge in [0.25, 0.3) is 16.1 Å². The van der Waals surface area contributed by atoms with Crippen molar-refractivity contribution in [1.82, 2.24) is 13.5 Å². The van der Waals surface area contributed by atoms with Gasteiger partial charge in [0.05, 0.1) is 5.56 Å². The Morgan fingerprint density at radius 1 is 1.17 bits per heavy atom. The van der Waals surface area contributed by atoms with Gasteiger partial charge in [-0.05, 0) is 25.0 Å². The number of halogens is 1. The lowest BCUT2D eigenvalue weighted by Crippen LogP contribution is -2.42. The van der Waals surface area contributed by atoms with Crippen molar-refractivity contribution < 1.29 is 17.6 Å². The molecule has 1 saturated heterocycles. The first-order valence-electron chi connectivity index (χ1n) is 7.47. The van der Waals surface area contributed by atoms with Crippen LogP contribution in [0, 0.1) is 12.7 Å². The van der Waals surface area contributed by atoms with Crippen LogP contribution in [0.5, 0.6) is 0 Å². The number of nitrogens with zero attached hydrogens (tertiary/aromatic N) is 3. The minimum Gasteiger partial charge on any atom is -0.337 e. The van der Waals surface area contributed by atoms with Gasteiger partial charge in [0, 0.05) is 40.3 Å². The van der Waals surface area contributed by atoms with Gasteiger partial charge >= 0.3 is 0 Å². The minimum atomic E-state index is -3.50. The Balaban J connectivity index is 2.15. The van der Waals surface area contributed by atoms with Crippen LogP contribution in [0.3, 0.4) is 0 Å². The summed E-state index contributed by atoms with van der Waals surface area (Å²) in [5.41, 5.74) is 0.455. The Hall–Kier alpha value is -1.51. The van der Waals surface area contributed by atoms with Crippen LogP contribution < -0.4 is 0 Å². The van der Waals surface area contributed by atoms with E-state index in [1.807, 2.05) is 0 Å². The number of hydrogen-bond donors (Lipinski definition) is 0. The summed E-state index contributed by atoms with van der Waals surface area (Å²) in [6.07, 6.45) is 0.520. The number of carbonyl (C=O) groups is 1. The maximum atomic E-state index is 14.1. The first-order chi connectivity index (χ1) is 10.7. The predicted molar refractivity (Wildman–Crippen MR) is 85.8 cm³/mol. The molecule has 1 fully saturated rings. The van der Waals surface area contributed by atoms with E-state index in [4.69, 9.17) is 0 Å². The quantitative estimate of drug-likeness (QED) is 0.825. The lowest BCUT2D eigenvalue weighted by Gasteiger charge is -2.24. The minimum absolute atomic E-state index is 0.0360. The molecular weight excluding hydrogens is 321 g/mol. The molecule has 6 nitrogen and oxygen atoms in total. The van der Waals surface area contributed by atoms with Crippen LogP contribution in [0.25, 0.3) is 0 Å². The second-order valence-corrected chi connectivity index (χ2v) is 7.91. The molecule has 1 aromatic carbocycles. The van der Waals surface area contributed by atoms with Crippen molar-refractivity contribution in [2.24, 2.45) is 0 Å². The smallest absolute Gasteiger partial charge is 0.281 e. The van der Waals surface area contributed by atoms with E-state index >= 15 is 0 Å². The number of carbonyl (C=O) groups excluding carboxylic acids is 1. The van der Waals surface area contributed by atoms with Crippen LogP contribution in [0.1, 0.15) is 22.3 Å². The SMILES string of the molecule is Cc1cccc(C(=O)N2CCCN(S(=O)(=O)N(C)C)CC2)c1F. The van der Waals surface area contributed by atoms with Gasteiger partial charge in [0.1, 0.15) is 5.82 Å². The van der Waals surface area contributed by atoms with Crippen molar-refractivity contribution in [1.29, 1.82) is 0 Å². The summed E-state index contributed by atoms with van der Waals surface area (Å²) < 4.78 is 41.0. The van der Waals surface area contributed by atoms with Crippen LogP contribution >= 0.6 is 0 Å². The monoisotopic (exact) mass is 343 g/mol. The molecule has 0 saturated carbocycles. The van der Waals surface area contributed by atoms with Crippen molar-refractivity contribution in [2.75, 3.05) is 40.3 Å². The lowest BCUT2D eigenvalue weighted by molar-refractivity contribution is 0.0759. The fourth-order valence-electron chi connectivity index (χ4n) is 2.54. The molecule has 0 aromatic heterocycles. The zero-order valence-corrected chi connectivity index (χ0v) is 14.4. The molecule has 1 aromatic rings. The van der Waals surface area contributed by atoms with Gasteiger partial charge in [-0.1, -0.05) is 12.1 Å². The van der Waals surface area contributed by atoms with Crippen LogP contribution in [0.4, 0.5) is 4.39 Å². The van der Waals surface area contributed by atoms with Crippen LogP contribution in [-0.2, 0) is 10.2 Å². The molecule has 0 aliphatic carbocycles. The topological polar surface area (TPSA) is 60.9 Å². The van der Waals surface area contributed by atoms with Crippen molar-refractivity contribution in [3.63, 3.8) is 0 Å². The first kappa shape index (κ1) is 17.8. The maximum absolute atomic E-state index is 14.1. The van der Waals surface area contributed by atoms with E-state index in [1.165, 1.54) is 29.4 Å². The summed E-state index contributed by atoms with van der Waals surface area (Å²) in [6.45, 7) is 2.82. The highest BCUT2D eigenvalue weighted by Gasteiger charge is 2.29. The van der Waals surface area contributed by atoms with E-state index in [0.717, 1.165) is 4.31 Å². The molecule has 0 atom stereocenters. The van der Waals surface area contributed by atoms with Crippen LogP contribution in [0.15, 0.2) is 18.2 Å². The van der Waals surface area contributed by atoms with E-state index in [0.29, 0.717) is 25.1 Å². The molecule has 128 valence electrons. The second kappa shape index (κ2) is 6.94. The van der Waals surface area contributed by atoms with Gasteiger partial charge in [0.15, 0.2) is 0 Å². The van der Waals surface area contributed by atoms with E-state index in [1.54, 1.807) is 19.1 Å². The molecule has 1 aliphatic rings. The highest BCUT2D eigenvalue weighted by atomic mass is 32.2. The van der Waals surface area contributed by atoms with Gasteiger partial charge in [0.2, 0.25) is 0 Å². The largest absolute Gasteiger partial charge is 0.337 e. The number of aryl methyl sites for hydroxylation is 1. The Labute approximate surface area is 136 Å². The normalized spacial score (nSPS) is 17.3. The summed E-state index contributed by atoms with van der Waals surface area (Å²) >= 11 is 0. The summed E-state index contributed by atoms with van der Waals surface area (Å²) in [4.78, 5) is 14.0. The molecular formula is C15H22FN3O3S. The Morgan fingerprint density at radius 3 is 2.52 bits per heavy atom. The molecule has 2 rings (SSSR count). The second-order valence-electron chi connectivity index (χ2n) is 5.77. The summed E-state index contributed by atoms with van der Waals surface area (Å²) in [5, 5.41) is 0. The third-order valence-electron chi connectivity index (χ3n) is 3.95. The molecule has 0 radical (unpaired) electrons. The fraction of sp³-hybridized carbons (Fsp3) is 0.533. The summed E-state index contributed by atoms with van der Waals surface area (Å²) in [6, 6.07) is 4.72. The molecule has 23 heavy (non-hydrogen) atoms. The van der Waals surface area contributed by atoms with E-state index in [2.05, 4.69) is 0 Å². The molecule has 1 aliphatic heterocycles. The molecule has 0 N–H and O–H groups in total. The predicted octanol–water partition coefficient (Wildman–Crippen LogP) is 1.09.